The number of methoxy groups -OCH3 is 1. The molecule has 0 spiro atoms. The highest BCUT2D eigenvalue weighted by atomic mass is 35.5. The zero-order valence-corrected chi connectivity index (χ0v) is 15.6. The highest BCUT2D eigenvalue weighted by Gasteiger charge is 2.36. The lowest BCUT2D eigenvalue weighted by atomic mass is 9.90. The molecule has 2 heterocycles. The predicted octanol–water partition coefficient (Wildman–Crippen LogP) is 1.81. The third-order valence-corrected chi connectivity index (χ3v) is 4.64. The number of rotatable bonds is 5. The Morgan fingerprint density at radius 2 is 2.08 bits per heavy atom. The molecule has 0 radical (unpaired) electrons. The molecular weight excluding hydrogens is 340 g/mol. The maximum Gasteiger partial charge on any atom is 0.227 e. The van der Waals surface area contributed by atoms with Crippen LogP contribution in [0.4, 0.5) is 0 Å². The Balaban J connectivity index is 0.00000225. The quantitative estimate of drug-likeness (QED) is 0.879. The van der Waals surface area contributed by atoms with E-state index in [9.17, 15) is 4.79 Å². The first kappa shape index (κ1) is 19.3. The number of aryl methyl sites for hydroxylation is 1. The largest absolute Gasteiger partial charge is 0.497 e. The zero-order valence-electron chi connectivity index (χ0n) is 14.8. The van der Waals surface area contributed by atoms with Gasteiger partial charge in [-0.25, -0.2) is 0 Å². The monoisotopic (exact) mass is 364 g/mol. The van der Waals surface area contributed by atoms with Crippen molar-refractivity contribution in [1.29, 1.82) is 0 Å². The van der Waals surface area contributed by atoms with E-state index in [1.807, 2.05) is 55.7 Å². The van der Waals surface area contributed by atoms with Gasteiger partial charge in [0.25, 0.3) is 0 Å². The molecule has 0 bridgehead atoms. The average Bonchev–Trinajstić information content (AvgIpc) is 3.23. The number of benzene rings is 1. The first-order valence-electron chi connectivity index (χ1n) is 8.15. The Kier molecular flexibility index (Phi) is 6.45. The molecule has 1 amide bonds. The molecule has 1 aromatic heterocycles. The van der Waals surface area contributed by atoms with Crippen LogP contribution in [0, 0.1) is 5.92 Å². The van der Waals surface area contributed by atoms with Gasteiger partial charge in [-0.1, -0.05) is 12.1 Å². The number of amides is 1. The maximum absolute atomic E-state index is 12.9. The summed E-state index contributed by atoms with van der Waals surface area (Å²) in [6.45, 7) is 2.13. The second-order valence-corrected chi connectivity index (χ2v) is 6.36. The lowest BCUT2D eigenvalue weighted by Gasteiger charge is -2.24. The highest BCUT2D eigenvalue weighted by Crippen LogP contribution is 2.29. The van der Waals surface area contributed by atoms with E-state index >= 15 is 0 Å². The van der Waals surface area contributed by atoms with Gasteiger partial charge in [-0.3, -0.25) is 9.48 Å². The van der Waals surface area contributed by atoms with Crippen molar-refractivity contribution in [1.82, 2.24) is 20.0 Å². The molecule has 2 atom stereocenters. The topological polar surface area (TPSA) is 59.4 Å². The molecule has 1 saturated heterocycles. The van der Waals surface area contributed by atoms with Gasteiger partial charge in [0.2, 0.25) is 5.91 Å². The fraction of sp³-hybridized carbons (Fsp3) is 0.444. The Bertz CT molecular complexity index is 701. The number of aromatic nitrogens is 2. The van der Waals surface area contributed by atoms with E-state index < -0.39 is 0 Å². The maximum atomic E-state index is 12.9. The molecule has 7 heteroatoms. The fourth-order valence-corrected chi connectivity index (χ4v) is 3.29. The van der Waals surface area contributed by atoms with Crippen molar-refractivity contribution in [3.8, 4) is 5.75 Å². The molecule has 6 nitrogen and oxygen atoms in total. The number of nitrogens with one attached hydrogen (secondary N) is 1. The van der Waals surface area contributed by atoms with Crippen LogP contribution in [-0.4, -0.2) is 47.8 Å². The minimum atomic E-state index is -0.0440. The van der Waals surface area contributed by atoms with Gasteiger partial charge >= 0.3 is 0 Å². The Hall–Kier alpha value is -2.05. The summed E-state index contributed by atoms with van der Waals surface area (Å²) in [5, 5.41) is 7.58. The van der Waals surface area contributed by atoms with Crippen molar-refractivity contribution in [3.05, 3.63) is 47.8 Å². The molecule has 25 heavy (non-hydrogen) atoms. The Labute approximate surface area is 154 Å². The third kappa shape index (κ3) is 4.32. The summed E-state index contributed by atoms with van der Waals surface area (Å²) < 4.78 is 6.96. The number of nitrogens with zero attached hydrogens (tertiary/aromatic N) is 3. The Morgan fingerprint density at radius 3 is 2.68 bits per heavy atom. The van der Waals surface area contributed by atoms with E-state index in [1.165, 1.54) is 0 Å². The van der Waals surface area contributed by atoms with Crippen molar-refractivity contribution in [2.24, 2.45) is 13.0 Å². The van der Waals surface area contributed by atoms with E-state index in [0.717, 1.165) is 23.4 Å². The van der Waals surface area contributed by atoms with Crippen molar-refractivity contribution >= 4 is 18.3 Å². The van der Waals surface area contributed by atoms with Gasteiger partial charge in [0, 0.05) is 45.8 Å². The smallest absolute Gasteiger partial charge is 0.227 e. The van der Waals surface area contributed by atoms with E-state index in [4.69, 9.17) is 4.74 Å². The Morgan fingerprint density at radius 1 is 1.36 bits per heavy atom. The van der Waals surface area contributed by atoms with E-state index in [0.29, 0.717) is 13.1 Å². The molecule has 136 valence electrons. The lowest BCUT2D eigenvalue weighted by molar-refractivity contribution is -0.134. The van der Waals surface area contributed by atoms with Gasteiger partial charge < -0.3 is 15.0 Å². The molecule has 3 rings (SSSR count). The molecule has 1 aliphatic heterocycles. The van der Waals surface area contributed by atoms with E-state index in [1.54, 1.807) is 11.8 Å². The zero-order chi connectivity index (χ0) is 17.1. The van der Waals surface area contributed by atoms with Crippen LogP contribution in [0.15, 0.2) is 36.7 Å². The van der Waals surface area contributed by atoms with Crippen LogP contribution in [0.25, 0.3) is 0 Å². The molecule has 0 aliphatic carbocycles. The van der Waals surface area contributed by atoms with Crippen LogP contribution in [0.3, 0.4) is 0 Å². The molecule has 0 unspecified atom stereocenters. The minimum Gasteiger partial charge on any atom is -0.497 e. The summed E-state index contributed by atoms with van der Waals surface area (Å²) in [5.41, 5.74) is 2.22. The van der Waals surface area contributed by atoms with Crippen molar-refractivity contribution in [3.63, 3.8) is 0 Å². The molecule has 1 N–H and O–H groups in total. The average molecular weight is 365 g/mol. The summed E-state index contributed by atoms with van der Waals surface area (Å²) in [6.07, 6.45) is 3.86. The summed E-state index contributed by atoms with van der Waals surface area (Å²) in [7, 11) is 5.42. The number of ether oxygens (including phenoxy) is 1. The number of hydrogen-bond acceptors (Lipinski definition) is 4. The second kappa shape index (κ2) is 8.36. The van der Waals surface area contributed by atoms with E-state index in [2.05, 4.69) is 10.4 Å². The number of halogens is 1. The molecule has 1 fully saturated rings. The van der Waals surface area contributed by atoms with Crippen molar-refractivity contribution in [2.75, 3.05) is 27.2 Å². The molecule has 0 saturated carbocycles. The van der Waals surface area contributed by atoms with Gasteiger partial charge in [-0.15, -0.1) is 12.4 Å². The van der Waals surface area contributed by atoms with Gasteiger partial charge in [-0.2, -0.15) is 5.10 Å². The highest BCUT2D eigenvalue weighted by molar-refractivity contribution is 5.85. The number of hydrogen-bond donors (Lipinski definition) is 1. The summed E-state index contributed by atoms with van der Waals surface area (Å²) in [5.74, 6) is 1.14. The van der Waals surface area contributed by atoms with Crippen LogP contribution >= 0.6 is 12.4 Å². The standard InChI is InChI=1S/C18H24N4O2.ClH/c1-21(11-13-4-6-15(24-3)7-5-13)18(23)17-10-19-9-16(17)14-8-20-22(2)12-14;/h4-8,12,16-17,19H,9-11H2,1-3H3;1H/t16-,17+;/m1./s1. The summed E-state index contributed by atoms with van der Waals surface area (Å²) in [6, 6.07) is 7.83. The number of carbonyl (C=O) groups is 1. The van der Waals surface area contributed by atoms with Crippen molar-refractivity contribution < 1.29 is 9.53 Å². The normalized spacial score (nSPS) is 19.3. The molecule has 2 aromatic rings. The molecule has 1 aliphatic rings. The number of carbonyl (C=O) groups excluding carboxylic acids is 1. The first-order valence-corrected chi connectivity index (χ1v) is 8.15. The lowest BCUT2D eigenvalue weighted by Crippen LogP contribution is -2.35. The summed E-state index contributed by atoms with van der Waals surface area (Å²) in [4.78, 5) is 14.7. The summed E-state index contributed by atoms with van der Waals surface area (Å²) >= 11 is 0. The first-order chi connectivity index (χ1) is 11.6. The fourth-order valence-electron chi connectivity index (χ4n) is 3.29. The van der Waals surface area contributed by atoms with Crippen LogP contribution < -0.4 is 10.1 Å². The van der Waals surface area contributed by atoms with Gasteiger partial charge in [0.15, 0.2) is 0 Å². The molecule has 1 aromatic carbocycles. The second-order valence-electron chi connectivity index (χ2n) is 6.36. The minimum absolute atomic E-state index is 0. The van der Waals surface area contributed by atoms with E-state index in [-0.39, 0.29) is 30.2 Å². The van der Waals surface area contributed by atoms with Gasteiger partial charge in [0.1, 0.15) is 5.75 Å². The third-order valence-electron chi connectivity index (χ3n) is 4.64. The van der Waals surface area contributed by atoms with Crippen LogP contribution in [-0.2, 0) is 18.4 Å². The predicted molar refractivity (Wildman–Crippen MR) is 99.0 cm³/mol. The van der Waals surface area contributed by atoms with Crippen LogP contribution in [0.2, 0.25) is 0 Å². The SMILES string of the molecule is COc1ccc(CN(C)C(=O)[C@H]2CNC[C@@H]2c2cnn(C)c2)cc1.Cl. The van der Waals surface area contributed by atoms with Gasteiger partial charge in [-0.05, 0) is 23.3 Å². The van der Waals surface area contributed by atoms with Crippen LogP contribution in [0.1, 0.15) is 17.0 Å². The van der Waals surface area contributed by atoms with Crippen molar-refractivity contribution in [2.45, 2.75) is 12.5 Å². The molecular formula is C18H25ClN4O2. The van der Waals surface area contributed by atoms with Crippen LogP contribution in [0.5, 0.6) is 5.75 Å². The van der Waals surface area contributed by atoms with Gasteiger partial charge in [0.05, 0.1) is 19.2 Å².